The van der Waals surface area contributed by atoms with Crippen LogP contribution in [0.25, 0.3) is 13.2 Å². The van der Waals surface area contributed by atoms with Crippen LogP contribution >= 0.6 is 0 Å². The number of rotatable bonds is 1. The molecule has 0 aliphatic rings. The lowest BCUT2D eigenvalue weighted by atomic mass is 9.97. The van der Waals surface area contributed by atoms with E-state index in [1.165, 1.54) is 4.57 Å². The Balaban J connectivity index is 3.38. The van der Waals surface area contributed by atoms with E-state index in [9.17, 15) is 4.79 Å². The van der Waals surface area contributed by atoms with Crippen LogP contribution in [0.4, 0.5) is 0 Å². The number of nitrogens with zero attached hydrogens (tertiary/aromatic N) is 2. The highest BCUT2D eigenvalue weighted by atomic mass is 16.1. The van der Waals surface area contributed by atoms with Crippen molar-refractivity contribution >= 4 is 13.2 Å². The first-order valence-electron chi connectivity index (χ1n) is 4.67. The largest absolute Gasteiger partial charge is 0.328 e. The van der Waals surface area contributed by atoms with Gasteiger partial charge in [0.25, 0.3) is 0 Å². The first-order valence-corrected chi connectivity index (χ1v) is 4.67. The molecule has 14 heavy (non-hydrogen) atoms. The maximum absolute atomic E-state index is 11.7. The van der Waals surface area contributed by atoms with E-state index in [0.29, 0.717) is 17.2 Å². The van der Waals surface area contributed by atoms with Gasteiger partial charge >= 0.3 is 5.69 Å². The van der Waals surface area contributed by atoms with Crippen molar-refractivity contribution in [3.8, 4) is 0 Å². The van der Waals surface area contributed by atoms with E-state index in [0.717, 1.165) is 0 Å². The van der Waals surface area contributed by atoms with E-state index >= 15 is 0 Å². The number of hydrogen-bond acceptors (Lipinski definition) is 1. The molecule has 1 aromatic rings. The lowest BCUT2D eigenvalue weighted by molar-refractivity contribution is 0.334. The predicted molar refractivity (Wildman–Crippen MR) is 59.4 cm³/mol. The molecule has 0 aliphatic carbocycles. The minimum absolute atomic E-state index is 0.0325. The fourth-order valence-corrected chi connectivity index (χ4v) is 1.40. The van der Waals surface area contributed by atoms with Crippen LogP contribution in [-0.2, 0) is 13.6 Å². The molecule has 0 spiro atoms. The Morgan fingerprint density at radius 1 is 1.21 bits per heavy atom. The summed E-state index contributed by atoms with van der Waals surface area (Å²) in [5.41, 5.74) is 0.0410. The van der Waals surface area contributed by atoms with Gasteiger partial charge in [-0.25, -0.2) is 4.79 Å². The van der Waals surface area contributed by atoms with Crippen LogP contribution in [0.3, 0.4) is 0 Å². The first kappa shape index (κ1) is 10.8. The molecule has 0 radical (unpaired) electrons. The second kappa shape index (κ2) is 3.15. The van der Waals surface area contributed by atoms with Gasteiger partial charge in [-0.2, -0.15) is 0 Å². The molecule has 0 atom stereocenters. The van der Waals surface area contributed by atoms with Gasteiger partial charge in [-0.15, -0.1) is 0 Å². The standard InChI is InChI=1S/C11H18N2O/c1-8-9(2)13(7-11(3,4)5)10(14)12(8)6/h1-2,7H2,3-6H3. The second-order valence-electron chi connectivity index (χ2n) is 4.88. The third-order valence-electron chi connectivity index (χ3n) is 2.21. The van der Waals surface area contributed by atoms with Crippen molar-refractivity contribution in [1.29, 1.82) is 0 Å². The van der Waals surface area contributed by atoms with Gasteiger partial charge in [-0.3, -0.25) is 9.13 Å². The van der Waals surface area contributed by atoms with Gasteiger partial charge in [-0.1, -0.05) is 33.9 Å². The van der Waals surface area contributed by atoms with E-state index < -0.39 is 0 Å². The molecular formula is C11H18N2O. The summed E-state index contributed by atoms with van der Waals surface area (Å²) in [6.45, 7) is 14.6. The van der Waals surface area contributed by atoms with Crippen LogP contribution in [-0.4, -0.2) is 9.13 Å². The molecule has 1 rings (SSSR count). The average molecular weight is 194 g/mol. The van der Waals surface area contributed by atoms with Crippen molar-refractivity contribution in [2.75, 3.05) is 0 Å². The number of aromatic nitrogens is 2. The monoisotopic (exact) mass is 194 g/mol. The summed E-state index contributed by atoms with van der Waals surface area (Å²) in [6.07, 6.45) is 0. The maximum Gasteiger partial charge on any atom is 0.328 e. The summed E-state index contributed by atoms with van der Waals surface area (Å²) in [5, 5.41) is 1.41. The summed E-state index contributed by atoms with van der Waals surface area (Å²) < 4.78 is 3.22. The molecule has 0 N–H and O–H groups in total. The van der Waals surface area contributed by atoms with Crippen molar-refractivity contribution in [3.05, 3.63) is 21.2 Å². The molecule has 1 aromatic heterocycles. The Kier molecular flexibility index (Phi) is 2.44. The number of hydrogen-bond donors (Lipinski definition) is 0. The maximum atomic E-state index is 11.7. The van der Waals surface area contributed by atoms with Gasteiger partial charge in [0.05, 0.1) is 10.7 Å². The second-order valence-corrected chi connectivity index (χ2v) is 4.88. The normalized spacial score (nSPS) is 12.0. The minimum atomic E-state index is -0.0325. The highest BCUT2D eigenvalue weighted by molar-refractivity contribution is 5.05. The van der Waals surface area contributed by atoms with Crippen LogP contribution in [0, 0.1) is 5.41 Å². The van der Waals surface area contributed by atoms with E-state index in [1.54, 1.807) is 11.6 Å². The smallest absolute Gasteiger partial charge is 0.296 e. The molecule has 0 aliphatic heterocycles. The first-order chi connectivity index (χ1) is 6.24. The number of imidazole rings is 1. The van der Waals surface area contributed by atoms with Crippen LogP contribution < -0.4 is 16.4 Å². The van der Waals surface area contributed by atoms with E-state index in [2.05, 4.69) is 33.9 Å². The van der Waals surface area contributed by atoms with Crippen molar-refractivity contribution in [3.63, 3.8) is 0 Å². The Bertz CT molecular complexity index is 485. The summed E-state index contributed by atoms with van der Waals surface area (Å²) in [5.74, 6) is 0. The lowest BCUT2D eigenvalue weighted by Crippen LogP contribution is -2.34. The third kappa shape index (κ3) is 1.81. The Hall–Kier alpha value is -1.25. The van der Waals surface area contributed by atoms with Crippen LogP contribution in [0.15, 0.2) is 4.79 Å². The summed E-state index contributed by atoms with van der Waals surface area (Å²) in [7, 11) is 1.72. The van der Waals surface area contributed by atoms with Gasteiger partial charge in [0.2, 0.25) is 0 Å². The molecule has 0 aromatic carbocycles. The van der Waals surface area contributed by atoms with Gasteiger partial charge in [0, 0.05) is 13.6 Å². The van der Waals surface area contributed by atoms with Crippen molar-refractivity contribution < 1.29 is 0 Å². The molecule has 78 valence electrons. The van der Waals surface area contributed by atoms with E-state index in [4.69, 9.17) is 0 Å². The summed E-state index contributed by atoms with van der Waals surface area (Å²) >= 11 is 0. The molecule has 0 saturated heterocycles. The molecule has 0 fully saturated rings. The zero-order valence-corrected chi connectivity index (χ0v) is 9.42. The van der Waals surface area contributed by atoms with Gasteiger partial charge in [0.1, 0.15) is 0 Å². The Morgan fingerprint density at radius 3 is 2.00 bits per heavy atom. The molecule has 3 heteroatoms. The average Bonchev–Trinajstić information content (AvgIpc) is 2.20. The quantitative estimate of drug-likeness (QED) is 0.621. The lowest BCUT2D eigenvalue weighted by Gasteiger charge is -2.18. The SMILES string of the molecule is C=c1c(=C)n(CC(C)(C)C)c(=O)n1C. The molecule has 1 heterocycles. The zero-order valence-electron chi connectivity index (χ0n) is 9.42. The van der Waals surface area contributed by atoms with Crippen molar-refractivity contribution in [2.45, 2.75) is 27.3 Å². The predicted octanol–water partition coefficient (Wildman–Crippen LogP) is 0.0535. The minimum Gasteiger partial charge on any atom is -0.296 e. The topological polar surface area (TPSA) is 26.9 Å². The highest BCUT2D eigenvalue weighted by Crippen LogP contribution is 2.13. The fourth-order valence-electron chi connectivity index (χ4n) is 1.40. The molecule has 3 nitrogen and oxygen atoms in total. The van der Waals surface area contributed by atoms with E-state index in [-0.39, 0.29) is 11.1 Å². The van der Waals surface area contributed by atoms with Crippen molar-refractivity contribution in [2.24, 2.45) is 12.5 Å². The fraction of sp³-hybridized carbons (Fsp3) is 0.545. The van der Waals surface area contributed by atoms with Gasteiger partial charge in [-0.05, 0) is 5.41 Å². The summed E-state index contributed by atoms with van der Waals surface area (Å²) in [4.78, 5) is 11.7. The van der Waals surface area contributed by atoms with Gasteiger partial charge < -0.3 is 0 Å². The molecule has 0 amide bonds. The van der Waals surface area contributed by atoms with Crippen LogP contribution in [0.1, 0.15) is 20.8 Å². The molecule has 0 saturated carbocycles. The zero-order chi connectivity index (χ0) is 11.1. The summed E-state index contributed by atoms with van der Waals surface area (Å²) in [6, 6.07) is 0. The molecule has 0 unspecified atom stereocenters. The third-order valence-corrected chi connectivity index (χ3v) is 2.21. The molecular weight excluding hydrogens is 176 g/mol. The van der Waals surface area contributed by atoms with Crippen LogP contribution in [0.2, 0.25) is 0 Å². The van der Waals surface area contributed by atoms with Gasteiger partial charge in [0.15, 0.2) is 0 Å². The van der Waals surface area contributed by atoms with E-state index in [1.807, 2.05) is 0 Å². The van der Waals surface area contributed by atoms with Crippen LogP contribution in [0.5, 0.6) is 0 Å². The molecule has 0 bridgehead atoms. The highest BCUT2D eigenvalue weighted by Gasteiger charge is 2.14. The van der Waals surface area contributed by atoms with Crippen molar-refractivity contribution in [1.82, 2.24) is 9.13 Å². The Morgan fingerprint density at radius 2 is 1.71 bits per heavy atom. The Labute approximate surface area is 84.0 Å².